The molecule has 2 heteroatoms. The molecule has 0 radical (unpaired) electrons. The summed E-state index contributed by atoms with van der Waals surface area (Å²) in [6.45, 7) is 8.87. The van der Waals surface area contributed by atoms with Crippen LogP contribution in [0.5, 0.6) is 0 Å². The molecule has 100 valence electrons. The van der Waals surface area contributed by atoms with Crippen molar-refractivity contribution < 1.29 is 0 Å². The Hall–Kier alpha value is -1.41. The van der Waals surface area contributed by atoms with Crippen molar-refractivity contribution in [2.45, 2.75) is 39.5 Å². The lowest BCUT2D eigenvalue weighted by atomic mass is 9.86. The maximum Gasteiger partial charge on any atom is 0.0670 e. The van der Waals surface area contributed by atoms with Crippen LogP contribution in [0.1, 0.15) is 44.6 Å². The number of benzene rings is 1. The second kappa shape index (κ2) is 5.70. The van der Waals surface area contributed by atoms with Crippen LogP contribution >= 0.6 is 11.3 Å². The maximum atomic E-state index is 4.91. The van der Waals surface area contributed by atoms with Crippen LogP contribution in [-0.4, -0.2) is 5.71 Å². The van der Waals surface area contributed by atoms with Crippen LogP contribution in [0.2, 0.25) is 0 Å². The first-order chi connectivity index (χ1) is 9.02. The van der Waals surface area contributed by atoms with Gasteiger partial charge in [0.1, 0.15) is 0 Å². The molecule has 19 heavy (non-hydrogen) atoms. The lowest BCUT2D eigenvalue weighted by Crippen LogP contribution is -2.11. The minimum Gasteiger partial charge on any atom is -0.252 e. The fourth-order valence-electron chi connectivity index (χ4n) is 2.10. The molecule has 0 saturated carbocycles. The summed E-state index contributed by atoms with van der Waals surface area (Å²) in [4.78, 5) is 6.18. The standard InChI is InChI=1S/C17H21NS/c1-5-14(16-11-8-12-19-16)18-15-10-7-6-9-13(15)17(2,3)4/h6-12H,5H2,1-4H3. The van der Waals surface area contributed by atoms with Gasteiger partial charge in [-0.2, -0.15) is 0 Å². The highest BCUT2D eigenvalue weighted by Crippen LogP contribution is 2.32. The zero-order valence-electron chi connectivity index (χ0n) is 12.1. The predicted octanol–water partition coefficient (Wildman–Crippen LogP) is 5.58. The molecule has 0 bridgehead atoms. The van der Waals surface area contributed by atoms with Gasteiger partial charge < -0.3 is 0 Å². The summed E-state index contributed by atoms with van der Waals surface area (Å²) in [7, 11) is 0. The first kappa shape index (κ1) is 14.0. The van der Waals surface area contributed by atoms with Gasteiger partial charge in [0.05, 0.1) is 11.4 Å². The summed E-state index contributed by atoms with van der Waals surface area (Å²) < 4.78 is 0. The molecule has 0 amide bonds. The molecule has 0 aliphatic rings. The predicted molar refractivity (Wildman–Crippen MR) is 85.9 cm³/mol. The third-order valence-corrected chi connectivity index (χ3v) is 4.03. The van der Waals surface area contributed by atoms with E-state index in [1.807, 2.05) is 0 Å². The summed E-state index contributed by atoms with van der Waals surface area (Å²) in [6, 6.07) is 12.7. The molecule has 0 unspecified atom stereocenters. The largest absolute Gasteiger partial charge is 0.252 e. The van der Waals surface area contributed by atoms with Crippen LogP contribution in [-0.2, 0) is 5.41 Å². The summed E-state index contributed by atoms with van der Waals surface area (Å²) in [5.74, 6) is 0. The van der Waals surface area contributed by atoms with Crippen LogP contribution in [0.3, 0.4) is 0 Å². The molecular weight excluding hydrogens is 250 g/mol. The van der Waals surface area contributed by atoms with E-state index in [0.29, 0.717) is 0 Å². The summed E-state index contributed by atoms with van der Waals surface area (Å²) in [5.41, 5.74) is 3.69. The van der Waals surface area contributed by atoms with Crippen molar-refractivity contribution in [2.75, 3.05) is 0 Å². The Bertz CT molecular complexity index is 559. The highest BCUT2D eigenvalue weighted by molar-refractivity contribution is 7.12. The average molecular weight is 271 g/mol. The van der Waals surface area contributed by atoms with Crippen molar-refractivity contribution in [3.8, 4) is 0 Å². The van der Waals surface area contributed by atoms with Crippen LogP contribution < -0.4 is 0 Å². The zero-order valence-corrected chi connectivity index (χ0v) is 12.9. The van der Waals surface area contributed by atoms with E-state index in [1.165, 1.54) is 16.2 Å². The van der Waals surface area contributed by atoms with E-state index < -0.39 is 0 Å². The normalized spacial score (nSPS) is 12.7. The van der Waals surface area contributed by atoms with Crippen molar-refractivity contribution in [3.05, 3.63) is 52.2 Å². The Morgan fingerprint density at radius 3 is 2.42 bits per heavy atom. The lowest BCUT2D eigenvalue weighted by molar-refractivity contribution is 0.591. The number of nitrogens with zero attached hydrogens (tertiary/aromatic N) is 1. The van der Waals surface area contributed by atoms with E-state index in [2.05, 4.69) is 69.5 Å². The van der Waals surface area contributed by atoms with Gasteiger partial charge in [-0.05, 0) is 34.9 Å². The SMILES string of the molecule is CCC(=Nc1ccccc1C(C)(C)C)c1cccs1. The van der Waals surface area contributed by atoms with Crippen molar-refractivity contribution in [1.82, 2.24) is 0 Å². The Labute approximate surface area is 120 Å². The molecule has 1 aromatic carbocycles. The monoisotopic (exact) mass is 271 g/mol. The van der Waals surface area contributed by atoms with Crippen molar-refractivity contribution in [1.29, 1.82) is 0 Å². The highest BCUT2D eigenvalue weighted by atomic mass is 32.1. The van der Waals surface area contributed by atoms with E-state index in [1.54, 1.807) is 11.3 Å². The molecule has 0 aliphatic carbocycles. The first-order valence-electron chi connectivity index (χ1n) is 6.73. The van der Waals surface area contributed by atoms with Gasteiger partial charge >= 0.3 is 0 Å². The van der Waals surface area contributed by atoms with E-state index in [-0.39, 0.29) is 5.41 Å². The fraction of sp³-hybridized carbons (Fsp3) is 0.353. The number of thiophene rings is 1. The number of rotatable bonds is 3. The second-order valence-electron chi connectivity index (χ2n) is 5.66. The number of para-hydroxylation sites is 1. The molecule has 0 N–H and O–H groups in total. The Morgan fingerprint density at radius 1 is 1.11 bits per heavy atom. The van der Waals surface area contributed by atoms with E-state index >= 15 is 0 Å². The van der Waals surface area contributed by atoms with Gasteiger partial charge in [0.25, 0.3) is 0 Å². The van der Waals surface area contributed by atoms with Crippen LogP contribution in [0.15, 0.2) is 46.8 Å². The van der Waals surface area contributed by atoms with Gasteiger partial charge in [0, 0.05) is 4.88 Å². The van der Waals surface area contributed by atoms with E-state index in [9.17, 15) is 0 Å². The van der Waals surface area contributed by atoms with Gasteiger partial charge in [0.15, 0.2) is 0 Å². The molecular formula is C17H21NS. The highest BCUT2D eigenvalue weighted by Gasteiger charge is 2.17. The molecule has 1 nitrogen and oxygen atoms in total. The summed E-state index contributed by atoms with van der Waals surface area (Å²) >= 11 is 1.76. The average Bonchev–Trinajstić information content (AvgIpc) is 2.89. The maximum absolute atomic E-state index is 4.91. The van der Waals surface area contributed by atoms with Crippen LogP contribution in [0, 0.1) is 0 Å². The lowest BCUT2D eigenvalue weighted by Gasteiger charge is -2.21. The third kappa shape index (κ3) is 3.32. The van der Waals surface area contributed by atoms with Gasteiger partial charge in [-0.25, -0.2) is 0 Å². The second-order valence-corrected chi connectivity index (χ2v) is 6.60. The van der Waals surface area contributed by atoms with Gasteiger partial charge in [-0.15, -0.1) is 11.3 Å². The molecule has 1 aromatic heterocycles. The minimum atomic E-state index is 0.119. The van der Waals surface area contributed by atoms with Crippen molar-refractivity contribution in [2.24, 2.45) is 4.99 Å². The third-order valence-electron chi connectivity index (χ3n) is 3.11. The molecule has 0 atom stereocenters. The van der Waals surface area contributed by atoms with E-state index in [0.717, 1.165) is 12.1 Å². The Morgan fingerprint density at radius 2 is 1.84 bits per heavy atom. The first-order valence-corrected chi connectivity index (χ1v) is 7.61. The van der Waals surface area contributed by atoms with Crippen LogP contribution in [0.25, 0.3) is 0 Å². The molecule has 0 saturated heterocycles. The fourth-order valence-corrected chi connectivity index (χ4v) is 2.89. The quantitative estimate of drug-likeness (QED) is 0.646. The minimum absolute atomic E-state index is 0.119. The van der Waals surface area contributed by atoms with Gasteiger partial charge in [-0.1, -0.05) is 52.0 Å². The number of hydrogen-bond donors (Lipinski definition) is 0. The molecule has 0 aliphatic heterocycles. The smallest absolute Gasteiger partial charge is 0.0670 e. The van der Waals surface area contributed by atoms with Crippen molar-refractivity contribution >= 4 is 22.7 Å². The van der Waals surface area contributed by atoms with E-state index in [4.69, 9.17) is 4.99 Å². The summed E-state index contributed by atoms with van der Waals surface area (Å²) in [5, 5.41) is 2.11. The van der Waals surface area contributed by atoms with Crippen molar-refractivity contribution in [3.63, 3.8) is 0 Å². The Kier molecular flexibility index (Phi) is 4.20. The van der Waals surface area contributed by atoms with Gasteiger partial charge in [0.2, 0.25) is 0 Å². The zero-order chi connectivity index (χ0) is 13.9. The van der Waals surface area contributed by atoms with Crippen LogP contribution in [0.4, 0.5) is 5.69 Å². The molecule has 2 aromatic rings. The topological polar surface area (TPSA) is 12.4 Å². The molecule has 0 spiro atoms. The number of hydrogen-bond acceptors (Lipinski definition) is 2. The molecule has 0 fully saturated rings. The molecule has 1 heterocycles. The number of aliphatic imine (C=N–C) groups is 1. The Balaban J connectivity index is 2.48. The summed E-state index contributed by atoms with van der Waals surface area (Å²) in [6.07, 6.45) is 0.957. The van der Waals surface area contributed by atoms with Gasteiger partial charge in [-0.3, -0.25) is 4.99 Å². The molecule has 2 rings (SSSR count).